The van der Waals surface area contributed by atoms with Gasteiger partial charge in [-0.25, -0.2) is 9.78 Å². The van der Waals surface area contributed by atoms with Gasteiger partial charge in [0.05, 0.1) is 18.5 Å². The largest absolute Gasteiger partial charge is 0.462 e. The summed E-state index contributed by atoms with van der Waals surface area (Å²) in [6, 6.07) is 3.57. The van der Waals surface area contributed by atoms with Crippen molar-refractivity contribution in [2.45, 2.75) is 121 Å². The molecule has 1 atom stereocenters. The minimum absolute atomic E-state index is 0.00317. The van der Waals surface area contributed by atoms with Crippen molar-refractivity contribution in [3.63, 3.8) is 0 Å². The van der Waals surface area contributed by atoms with Crippen molar-refractivity contribution in [2.24, 2.45) is 24.8 Å². The van der Waals surface area contributed by atoms with Gasteiger partial charge in [-0.3, -0.25) is 38.9 Å². The van der Waals surface area contributed by atoms with E-state index in [0.29, 0.717) is 41.4 Å². The number of piperidine rings is 3. The number of amides is 4. The third kappa shape index (κ3) is 12.0. The Hall–Kier alpha value is -5.89. The lowest BCUT2D eigenvalue weighted by Crippen LogP contribution is -2.54. The van der Waals surface area contributed by atoms with Gasteiger partial charge < -0.3 is 40.0 Å². The zero-order chi connectivity index (χ0) is 48.7. The number of ether oxygens (including phenoxy) is 1. The molecule has 20 nitrogen and oxygen atoms in total. The molecule has 20 heteroatoms. The van der Waals surface area contributed by atoms with E-state index in [2.05, 4.69) is 55.9 Å². The molecule has 4 N–H and O–H groups in total. The van der Waals surface area contributed by atoms with Crippen LogP contribution in [0.25, 0.3) is 0 Å². The summed E-state index contributed by atoms with van der Waals surface area (Å²) in [5.41, 5.74) is 1.55. The second-order valence-corrected chi connectivity index (χ2v) is 20.4. The van der Waals surface area contributed by atoms with E-state index in [1.54, 1.807) is 23.9 Å². The van der Waals surface area contributed by atoms with Crippen LogP contribution in [0.4, 0.5) is 23.1 Å². The number of imide groups is 1. The molecule has 0 radical (unpaired) electrons. The molecule has 2 aliphatic carbocycles. The van der Waals surface area contributed by atoms with Crippen LogP contribution < -0.4 is 26.8 Å². The predicted octanol–water partition coefficient (Wildman–Crippen LogP) is 3.76. The molecule has 6 fully saturated rings. The number of aryl methyl sites for hydroxylation is 1. The number of rotatable bonds is 14. The number of nitrogens with one attached hydrogen (secondary N) is 4. The molecule has 4 amide bonds. The van der Waals surface area contributed by atoms with Crippen molar-refractivity contribution in [1.29, 1.82) is 0 Å². The molecular formula is C50H71N13O7. The van der Waals surface area contributed by atoms with E-state index >= 15 is 0 Å². The highest BCUT2D eigenvalue weighted by atomic mass is 16.5. The number of hydrogen-bond acceptors (Lipinski definition) is 15. The van der Waals surface area contributed by atoms with Gasteiger partial charge in [-0.1, -0.05) is 0 Å². The number of anilines is 4. The van der Waals surface area contributed by atoms with Crippen LogP contribution in [0.2, 0.25) is 0 Å². The number of carbonyl (C=O) groups is 5. The Kier molecular flexibility index (Phi) is 15.8. The topological polar surface area (TPSA) is 221 Å². The van der Waals surface area contributed by atoms with E-state index in [1.165, 1.54) is 6.20 Å². The first-order valence-electron chi connectivity index (χ1n) is 25.9. The maximum absolute atomic E-state index is 13.8. The van der Waals surface area contributed by atoms with Crippen LogP contribution in [0.5, 0.6) is 0 Å². The van der Waals surface area contributed by atoms with Crippen molar-refractivity contribution in [3.05, 3.63) is 52.8 Å². The molecule has 0 spiro atoms. The van der Waals surface area contributed by atoms with Gasteiger partial charge in [0.1, 0.15) is 17.4 Å². The molecule has 70 heavy (non-hydrogen) atoms. The lowest BCUT2D eigenvalue weighted by molar-refractivity contribution is -0.143. The Bertz CT molecular complexity index is 2390. The maximum Gasteiger partial charge on any atom is 0.343 e. The van der Waals surface area contributed by atoms with Gasteiger partial charge in [-0.2, -0.15) is 10.1 Å². The summed E-state index contributed by atoms with van der Waals surface area (Å²) in [5.74, 6) is 0.811. The van der Waals surface area contributed by atoms with E-state index in [1.807, 2.05) is 30.1 Å². The molecular weight excluding hydrogens is 895 g/mol. The number of nitrogens with zero attached hydrogens (tertiary/aromatic N) is 9. The minimum Gasteiger partial charge on any atom is -0.462 e. The fourth-order valence-corrected chi connectivity index (χ4v) is 11.7. The number of likely N-dealkylation sites (tertiary alicyclic amines) is 2. The quantitative estimate of drug-likeness (QED) is 0.134. The standard InChI is InChI=1S/C50H71N13O7/c1-3-70-49(69)41-30-51-50(55-38-29-52-58(2)32-38)57-45(41)54-36-8-10-39(11-9-36)60-24-26-62(27-25-60)48(68)35-6-4-34(5-7-35)47(67)61-21-14-33(15-22-61)31-59-19-17-40(18-20-59)63-23-16-37(28-44(63)65)53-42-12-13-43(64)56-46(42)66/h16,23,28-30,32-36,39-40,42,53H,3-15,17-22,24-27,31H2,1-2H3,(H,56,64,66)(H2,51,54,55,57). The Balaban J connectivity index is 0.652. The molecule has 4 aliphatic heterocycles. The van der Waals surface area contributed by atoms with Crippen molar-refractivity contribution >= 4 is 52.7 Å². The van der Waals surface area contributed by atoms with Crippen LogP contribution in [0, 0.1) is 17.8 Å². The fourth-order valence-electron chi connectivity index (χ4n) is 11.7. The van der Waals surface area contributed by atoms with Gasteiger partial charge in [-0.05, 0) is 102 Å². The third-order valence-corrected chi connectivity index (χ3v) is 15.8. The van der Waals surface area contributed by atoms with Crippen molar-refractivity contribution in [2.75, 3.05) is 81.5 Å². The number of pyridine rings is 1. The predicted molar refractivity (Wildman–Crippen MR) is 262 cm³/mol. The smallest absolute Gasteiger partial charge is 0.343 e. The van der Waals surface area contributed by atoms with Gasteiger partial charge in [-0.15, -0.1) is 0 Å². The first-order valence-corrected chi connectivity index (χ1v) is 25.9. The van der Waals surface area contributed by atoms with Crippen LogP contribution in [0.15, 0.2) is 41.7 Å². The molecule has 4 saturated heterocycles. The van der Waals surface area contributed by atoms with Crippen LogP contribution in [0.3, 0.4) is 0 Å². The summed E-state index contributed by atoms with van der Waals surface area (Å²) in [7, 11) is 1.83. The molecule has 0 bridgehead atoms. The zero-order valence-corrected chi connectivity index (χ0v) is 40.9. The van der Waals surface area contributed by atoms with Crippen LogP contribution in [0.1, 0.15) is 113 Å². The summed E-state index contributed by atoms with van der Waals surface area (Å²) in [4.78, 5) is 95.3. The van der Waals surface area contributed by atoms with Crippen LogP contribution >= 0.6 is 0 Å². The monoisotopic (exact) mass is 966 g/mol. The normalized spacial score (nSPS) is 25.5. The average Bonchev–Trinajstić information content (AvgIpc) is 3.79. The zero-order valence-electron chi connectivity index (χ0n) is 40.9. The van der Waals surface area contributed by atoms with E-state index in [0.717, 1.165) is 142 Å². The summed E-state index contributed by atoms with van der Waals surface area (Å²) < 4.78 is 8.80. The average molecular weight is 966 g/mol. The van der Waals surface area contributed by atoms with E-state index < -0.39 is 12.0 Å². The second kappa shape index (κ2) is 22.5. The Morgan fingerprint density at radius 3 is 2.07 bits per heavy atom. The number of hydrogen-bond donors (Lipinski definition) is 4. The molecule has 3 aromatic heterocycles. The van der Waals surface area contributed by atoms with E-state index in [9.17, 15) is 28.8 Å². The molecule has 0 aromatic carbocycles. The van der Waals surface area contributed by atoms with Crippen LogP contribution in [-0.4, -0.2) is 157 Å². The summed E-state index contributed by atoms with van der Waals surface area (Å²) in [6.45, 7) is 9.68. The highest BCUT2D eigenvalue weighted by Crippen LogP contribution is 2.34. The first kappa shape index (κ1) is 49.1. The highest BCUT2D eigenvalue weighted by molar-refractivity contribution is 6.01. The Morgan fingerprint density at radius 2 is 1.44 bits per heavy atom. The van der Waals surface area contributed by atoms with Gasteiger partial charge in [0.2, 0.25) is 29.6 Å². The number of piperazine rings is 1. The highest BCUT2D eigenvalue weighted by Gasteiger charge is 2.37. The third-order valence-electron chi connectivity index (χ3n) is 15.8. The molecule has 2 saturated carbocycles. The first-order chi connectivity index (χ1) is 34.0. The summed E-state index contributed by atoms with van der Waals surface area (Å²) in [6.07, 6.45) is 18.3. The van der Waals surface area contributed by atoms with Gasteiger partial charge in [0.25, 0.3) is 5.56 Å². The fraction of sp³-hybridized carbons (Fsp3) is 0.660. The number of carbonyl (C=O) groups excluding carboxylic acids is 5. The molecule has 9 rings (SSSR count). The van der Waals surface area contributed by atoms with Crippen LogP contribution in [-0.2, 0) is 31.0 Å². The van der Waals surface area contributed by atoms with Crippen molar-refractivity contribution < 1.29 is 28.7 Å². The van der Waals surface area contributed by atoms with Gasteiger partial charge in [0, 0.05) is 133 Å². The van der Waals surface area contributed by atoms with E-state index in [-0.39, 0.29) is 66.1 Å². The van der Waals surface area contributed by atoms with Gasteiger partial charge in [0.15, 0.2) is 0 Å². The molecule has 3 aromatic rings. The number of aromatic nitrogens is 5. The van der Waals surface area contributed by atoms with Gasteiger partial charge >= 0.3 is 5.97 Å². The maximum atomic E-state index is 13.8. The molecule has 7 heterocycles. The summed E-state index contributed by atoms with van der Waals surface area (Å²) >= 11 is 0. The SMILES string of the molecule is CCOC(=O)c1cnc(Nc2cnn(C)c2)nc1NC1CCC(N2CCN(C(=O)C3CCC(C(=O)N4CCC(CN5CCC(n6ccc(NC7CCC(=O)NC7=O)cc6=O)CC5)CC4)CC3)CC2)CC1. The lowest BCUT2D eigenvalue weighted by atomic mass is 9.80. The second-order valence-electron chi connectivity index (χ2n) is 20.4. The van der Waals surface area contributed by atoms with Crippen molar-refractivity contribution in [1.82, 2.24) is 49.2 Å². The Labute approximate surface area is 409 Å². The molecule has 1 unspecified atom stereocenters. The molecule has 378 valence electrons. The van der Waals surface area contributed by atoms with Crippen molar-refractivity contribution in [3.8, 4) is 0 Å². The molecule has 6 aliphatic rings. The van der Waals surface area contributed by atoms with E-state index in [4.69, 9.17) is 4.74 Å². The summed E-state index contributed by atoms with van der Waals surface area (Å²) in [5, 5.41) is 16.3. The number of esters is 1. The minimum atomic E-state index is -0.527. The Morgan fingerprint density at radius 1 is 0.757 bits per heavy atom. The lowest BCUT2D eigenvalue weighted by Gasteiger charge is -2.43.